The Morgan fingerprint density at radius 1 is 0.726 bits per heavy atom. The molecule has 10 nitrogen and oxygen atoms in total. The zero-order valence-electron chi connectivity index (χ0n) is 36.9. The Kier molecular flexibility index (Phi) is 19.7. The monoisotopic (exact) mass is 888 g/mol. The van der Waals surface area contributed by atoms with Crippen molar-refractivity contribution < 1.29 is 89.9 Å². The van der Waals surface area contributed by atoms with Crippen molar-refractivity contribution in [2.45, 2.75) is 128 Å². The molecule has 0 aliphatic heterocycles. The van der Waals surface area contributed by atoms with Gasteiger partial charge in [0.1, 0.15) is 41.3 Å². The molecule has 2 aromatic heterocycles. The van der Waals surface area contributed by atoms with Crippen LogP contribution in [0.2, 0.25) is 0 Å². The second kappa shape index (κ2) is 23.4. The molecule has 2 heterocycles. The number of benzene rings is 2. The smallest absolute Gasteiger partial charge is 1.00 e. The zero-order valence-corrected chi connectivity index (χ0v) is 37.9. The van der Waals surface area contributed by atoms with E-state index in [1.54, 1.807) is 25.1 Å². The van der Waals surface area contributed by atoms with Gasteiger partial charge in [-0.05, 0) is 102 Å². The molecule has 0 saturated heterocycles. The molecule has 2 unspecified atom stereocenters. The third kappa shape index (κ3) is 13.9. The number of aryl methyl sites for hydroxylation is 2. The first-order valence-corrected chi connectivity index (χ1v) is 20.1. The molecule has 6 rings (SSSR count). The molecule has 2 fully saturated rings. The van der Waals surface area contributed by atoms with Crippen LogP contribution in [-0.4, -0.2) is 41.6 Å². The normalized spacial score (nSPS) is 19.7. The molecule has 2 saturated carbocycles. The SMILES string of the molecule is CCC(O)c1oc(C2CCC(C(F)(F)F)CC2)nc1C.CCC(Oc1ccc(C#N)c(OC)c1)c1oc(C2CCC(C(F)(F)F)CC2)nc1C.COc1cc(F)ccc1C#N.[H-].[Na+]. The average Bonchev–Trinajstić information content (AvgIpc) is 3.84. The van der Waals surface area contributed by atoms with Gasteiger partial charge >= 0.3 is 41.9 Å². The third-order valence-electron chi connectivity index (χ3n) is 11.0. The van der Waals surface area contributed by atoms with Gasteiger partial charge in [-0.3, -0.25) is 0 Å². The predicted octanol–water partition coefficient (Wildman–Crippen LogP) is 9.31. The Morgan fingerprint density at radius 3 is 1.58 bits per heavy atom. The van der Waals surface area contributed by atoms with Crippen LogP contribution < -0.4 is 43.8 Å². The van der Waals surface area contributed by atoms with Gasteiger partial charge in [-0.25, -0.2) is 14.4 Å². The average molecular weight is 889 g/mol. The summed E-state index contributed by atoms with van der Waals surface area (Å²) in [5.74, 6) is 0.198. The van der Waals surface area contributed by atoms with Gasteiger partial charge in [0.2, 0.25) is 0 Å². The summed E-state index contributed by atoms with van der Waals surface area (Å²) in [6, 6.07) is 12.7. The number of ether oxygens (including phenoxy) is 3. The summed E-state index contributed by atoms with van der Waals surface area (Å²) in [5.41, 5.74) is 2.06. The molecule has 2 aliphatic carbocycles. The molecule has 4 aromatic rings. The fraction of sp³-hybridized carbons (Fsp3) is 0.545. The van der Waals surface area contributed by atoms with Crippen molar-refractivity contribution in [1.82, 2.24) is 9.97 Å². The van der Waals surface area contributed by atoms with Gasteiger partial charge in [0.25, 0.3) is 0 Å². The molecule has 2 aliphatic rings. The van der Waals surface area contributed by atoms with E-state index in [0.717, 1.165) is 0 Å². The van der Waals surface area contributed by atoms with Crippen LogP contribution in [-0.2, 0) is 0 Å². The topological polar surface area (TPSA) is 148 Å². The summed E-state index contributed by atoms with van der Waals surface area (Å²) in [5, 5.41) is 27.4. The maximum Gasteiger partial charge on any atom is 1.00 e. The van der Waals surface area contributed by atoms with E-state index in [-0.39, 0.29) is 74.3 Å². The van der Waals surface area contributed by atoms with Crippen molar-refractivity contribution in [3.8, 4) is 29.4 Å². The fourth-order valence-corrected chi connectivity index (χ4v) is 7.42. The van der Waals surface area contributed by atoms with Crippen LogP contribution in [0.25, 0.3) is 0 Å². The van der Waals surface area contributed by atoms with Crippen molar-refractivity contribution in [1.29, 1.82) is 10.5 Å². The molecule has 2 atom stereocenters. The van der Waals surface area contributed by atoms with Crippen LogP contribution in [0.15, 0.2) is 45.2 Å². The quantitative estimate of drug-likeness (QED) is 0.121. The van der Waals surface area contributed by atoms with Gasteiger partial charge in [-0.15, -0.1) is 0 Å². The van der Waals surface area contributed by atoms with Crippen molar-refractivity contribution in [3.05, 3.63) is 88.0 Å². The van der Waals surface area contributed by atoms with Gasteiger partial charge < -0.3 is 29.6 Å². The number of nitrogens with zero attached hydrogens (tertiary/aromatic N) is 4. The van der Waals surface area contributed by atoms with Crippen LogP contribution >= 0.6 is 0 Å². The summed E-state index contributed by atoms with van der Waals surface area (Å²) in [4.78, 5) is 8.78. The van der Waals surface area contributed by atoms with Crippen LogP contribution in [0.5, 0.6) is 17.2 Å². The summed E-state index contributed by atoms with van der Waals surface area (Å²) in [7, 11) is 2.88. The summed E-state index contributed by atoms with van der Waals surface area (Å²) >= 11 is 0. The Bertz CT molecular complexity index is 2120. The number of hydrogen-bond acceptors (Lipinski definition) is 10. The van der Waals surface area contributed by atoms with E-state index in [2.05, 4.69) is 16.0 Å². The van der Waals surface area contributed by atoms with E-state index in [9.17, 15) is 35.8 Å². The first-order valence-electron chi connectivity index (χ1n) is 20.1. The molecule has 18 heteroatoms. The van der Waals surface area contributed by atoms with Crippen molar-refractivity contribution in [2.75, 3.05) is 14.2 Å². The number of oxazole rings is 2. The van der Waals surface area contributed by atoms with Gasteiger partial charge in [0.15, 0.2) is 29.4 Å². The molecule has 0 amide bonds. The summed E-state index contributed by atoms with van der Waals surface area (Å²) < 4.78 is 117. The second-order valence-electron chi connectivity index (χ2n) is 15.1. The minimum absolute atomic E-state index is 0. The van der Waals surface area contributed by atoms with Gasteiger partial charge in [0, 0.05) is 24.0 Å². The van der Waals surface area contributed by atoms with E-state index >= 15 is 0 Å². The van der Waals surface area contributed by atoms with E-state index in [0.29, 0.717) is 95.8 Å². The molecule has 0 bridgehead atoms. The number of aliphatic hydroxyl groups excluding tert-OH is 1. The first-order chi connectivity index (χ1) is 28.9. The van der Waals surface area contributed by atoms with Crippen LogP contribution in [0, 0.1) is 54.2 Å². The predicted molar refractivity (Wildman–Crippen MR) is 209 cm³/mol. The Morgan fingerprint density at radius 2 is 1.16 bits per heavy atom. The maximum absolute atomic E-state index is 12.9. The molecule has 1 N–H and O–H groups in total. The first kappa shape index (κ1) is 52.1. The number of nitriles is 2. The molecule has 0 spiro atoms. The van der Waals surface area contributed by atoms with Crippen molar-refractivity contribution in [3.63, 3.8) is 0 Å². The molecule has 334 valence electrons. The van der Waals surface area contributed by atoms with Crippen LogP contribution in [0.1, 0.15) is 149 Å². The number of halogens is 7. The number of aromatic nitrogens is 2. The van der Waals surface area contributed by atoms with E-state index in [1.807, 2.05) is 26.8 Å². The van der Waals surface area contributed by atoms with Gasteiger partial charge in [0.05, 0.1) is 48.6 Å². The Balaban J connectivity index is 0.000000356. The fourth-order valence-electron chi connectivity index (χ4n) is 7.42. The zero-order chi connectivity index (χ0) is 45.1. The van der Waals surface area contributed by atoms with Gasteiger partial charge in [-0.2, -0.15) is 36.9 Å². The minimum atomic E-state index is -4.13. The van der Waals surface area contributed by atoms with Crippen LogP contribution in [0.4, 0.5) is 30.7 Å². The Hall–Kier alpha value is -4.29. The standard InChI is InChI=1S/C22H25F3N2O3.C14H20F3NO2.C8H6FNO.Na.H/c1-4-18(29-17-10-7-15(12-26)19(11-17)28-3)20-13(2)27-21(30-20)14-5-8-16(9-6-14)22(23,24)25;1-3-11(19)12-8(2)18-13(20-12)9-4-6-10(7-5-9)14(15,16)17;1-11-8-4-7(9)3-2-6(8)5-10;;/h7,10-11,14,16,18H,4-6,8-9H2,1-3H3;9-11,19H,3-7H2,1-2H3;2-4H,1H3;;/q;;;+1;-1. The van der Waals surface area contributed by atoms with Crippen molar-refractivity contribution >= 4 is 0 Å². The largest absolute Gasteiger partial charge is 1.00 e. The number of methoxy groups -OCH3 is 2. The maximum atomic E-state index is 12.9. The van der Waals surface area contributed by atoms with E-state index in [4.69, 9.17) is 33.6 Å². The number of aliphatic hydroxyl groups is 1. The number of hydrogen-bond donors (Lipinski definition) is 1. The molecular weight excluding hydrogens is 836 g/mol. The third-order valence-corrected chi connectivity index (χ3v) is 11.0. The van der Waals surface area contributed by atoms with Gasteiger partial charge in [-0.1, -0.05) is 13.8 Å². The number of alkyl halides is 6. The molecule has 0 radical (unpaired) electrons. The minimum Gasteiger partial charge on any atom is -1.00 e. The summed E-state index contributed by atoms with van der Waals surface area (Å²) in [6.07, 6.45) is -6.05. The number of rotatable bonds is 10. The van der Waals surface area contributed by atoms with E-state index < -0.39 is 42.2 Å². The molecular formula is C44H52F7N4NaO6. The van der Waals surface area contributed by atoms with Crippen LogP contribution in [0.3, 0.4) is 0 Å². The molecule has 62 heavy (non-hydrogen) atoms. The van der Waals surface area contributed by atoms with Crippen molar-refractivity contribution in [2.24, 2.45) is 11.8 Å². The summed E-state index contributed by atoms with van der Waals surface area (Å²) in [6.45, 7) is 7.35. The second-order valence-corrected chi connectivity index (χ2v) is 15.1. The van der Waals surface area contributed by atoms with E-state index in [1.165, 1.54) is 32.4 Å². The molecule has 2 aromatic carbocycles. The Labute approximate surface area is 380 Å².